The zero-order valence-electron chi connectivity index (χ0n) is 13.0. The highest BCUT2D eigenvalue weighted by molar-refractivity contribution is 8.00. The lowest BCUT2D eigenvalue weighted by Crippen LogP contribution is -2.42. The van der Waals surface area contributed by atoms with Crippen molar-refractivity contribution in [1.29, 1.82) is 0 Å². The summed E-state index contributed by atoms with van der Waals surface area (Å²) in [4.78, 5) is 15.5. The van der Waals surface area contributed by atoms with Crippen LogP contribution in [0.4, 0.5) is 0 Å². The summed E-state index contributed by atoms with van der Waals surface area (Å²) in [5.74, 6) is 2.33. The Bertz CT molecular complexity index is 535. The van der Waals surface area contributed by atoms with Crippen LogP contribution in [0.5, 0.6) is 11.5 Å². The van der Waals surface area contributed by atoms with Crippen LogP contribution < -0.4 is 9.47 Å². The Hall–Kier alpha value is -1.36. The molecule has 1 fully saturated rings. The van der Waals surface area contributed by atoms with Crippen LogP contribution in [0.25, 0.3) is 0 Å². The maximum atomic E-state index is 12.4. The summed E-state index contributed by atoms with van der Waals surface area (Å²) >= 11 is 1.58. The zero-order chi connectivity index (χ0) is 15.4. The van der Waals surface area contributed by atoms with Crippen LogP contribution in [-0.4, -0.2) is 42.4 Å². The van der Waals surface area contributed by atoms with Gasteiger partial charge < -0.3 is 14.4 Å². The van der Waals surface area contributed by atoms with Crippen molar-refractivity contribution in [2.24, 2.45) is 0 Å². The van der Waals surface area contributed by atoms with Gasteiger partial charge in [0.15, 0.2) is 11.5 Å². The molecule has 2 heterocycles. The molecule has 2 aliphatic heterocycles. The van der Waals surface area contributed by atoms with E-state index in [0.717, 1.165) is 42.2 Å². The van der Waals surface area contributed by atoms with Crippen LogP contribution in [0.2, 0.25) is 0 Å². The lowest BCUT2D eigenvalue weighted by molar-refractivity contribution is -0.131. The molecule has 0 spiro atoms. The number of amides is 1. The first-order valence-corrected chi connectivity index (χ1v) is 9.04. The molecular weight excluding hydrogens is 298 g/mol. The summed E-state index contributed by atoms with van der Waals surface area (Å²) in [5.41, 5.74) is 0. The van der Waals surface area contributed by atoms with Crippen LogP contribution in [-0.2, 0) is 4.79 Å². The lowest BCUT2D eigenvalue weighted by atomic mass is 10.0. The van der Waals surface area contributed by atoms with Crippen LogP contribution in [0, 0.1) is 0 Å². The first-order valence-electron chi connectivity index (χ1n) is 8.06. The highest BCUT2D eigenvalue weighted by Crippen LogP contribution is 2.34. The van der Waals surface area contributed by atoms with Crippen molar-refractivity contribution in [2.45, 2.75) is 43.5 Å². The third kappa shape index (κ3) is 3.69. The van der Waals surface area contributed by atoms with E-state index in [2.05, 4.69) is 6.92 Å². The molecule has 1 aromatic rings. The van der Waals surface area contributed by atoms with E-state index in [1.807, 2.05) is 23.1 Å². The zero-order valence-corrected chi connectivity index (χ0v) is 13.9. The quantitative estimate of drug-likeness (QED) is 0.801. The predicted octanol–water partition coefficient (Wildman–Crippen LogP) is 3.34. The van der Waals surface area contributed by atoms with Crippen molar-refractivity contribution in [3.8, 4) is 11.5 Å². The second-order valence-corrected chi connectivity index (χ2v) is 6.93. The molecule has 5 heteroatoms. The number of fused-ring (bicyclic) bond motifs is 1. The molecule has 2 aliphatic rings. The molecule has 0 aromatic heterocycles. The van der Waals surface area contributed by atoms with Gasteiger partial charge in [0.05, 0.1) is 19.0 Å². The molecule has 1 atom stereocenters. The van der Waals surface area contributed by atoms with E-state index < -0.39 is 0 Å². The fourth-order valence-electron chi connectivity index (χ4n) is 2.93. The monoisotopic (exact) mass is 321 g/mol. The molecule has 1 amide bonds. The largest absolute Gasteiger partial charge is 0.490 e. The van der Waals surface area contributed by atoms with Crippen molar-refractivity contribution < 1.29 is 14.3 Å². The van der Waals surface area contributed by atoms with Gasteiger partial charge in [-0.1, -0.05) is 0 Å². The summed E-state index contributed by atoms with van der Waals surface area (Å²) in [6.45, 7) is 4.44. The molecule has 3 rings (SSSR count). The smallest absolute Gasteiger partial charge is 0.233 e. The minimum absolute atomic E-state index is 0.240. The highest BCUT2D eigenvalue weighted by atomic mass is 32.2. The number of ether oxygens (including phenoxy) is 2. The van der Waals surface area contributed by atoms with Crippen LogP contribution in [0.3, 0.4) is 0 Å². The Morgan fingerprint density at radius 2 is 2.05 bits per heavy atom. The second-order valence-electron chi connectivity index (χ2n) is 5.88. The van der Waals surface area contributed by atoms with Crippen molar-refractivity contribution >= 4 is 17.7 Å². The molecule has 0 N–H and O–H groups in total. The summed E-state index contributed by atoms with van der Waals surface area (Å²) in [5, 5.41) is 0. The van der Waals surface area contributed by atoms with Gasteiger partial charge in [-0.15, -0.1) is 11.8 Å². The summed E-state index contributed by atoms with van der Waals surface area (Å²) < 4.78 is 11.3. The van der Waals surface area contributed by atoms with E-state index in [4.69, 9.17) is 9.47 Å². The van der Waals surface area contributed by atoms with Gasteiger partial charge in [0.25, 0.3) is 0 Å². The number of piperidine rings is 1. The molecular formula is C17H23NO3S. The van der Waals surface area contributed by atoms with Gasteiger partial charge in [-0.2, -0.15) is 0 Å². The van der Waals surface area contributed by atoms with E-state index in [1.165, 1.54) is 6.42 Å². The Balaban J connectivity index is 1.59. The number of rotatable bonds is 3. The molecule has 0 bridgehead atoms. The lowest BCUT2D eigenvalue weighted by Gasteiger charge is -2.33. The Morgan fingerprint density at radius 3 is 2.86 bits per heavy atom. The van der Waals surface area contributed by atoms with Crippen molar-refractivity contribution in [1.82, 2.24) is 4.90 Å². The van der Waals surface area contributed by atoms with Gasteiger partial charge in [-0.05, 0) is 44.4 Å². The SMILES string of the molecule is CC1CCCCN1C(=O)CSc1ccc2c(c1)OCCCO2. The Labute approximate surface area is 136 Å². The minimum atomic E-state index is 0.240. The molecule has 22 heavy (non-hydrogen) atoms. The number of nitrogens with zero attached hydrogens (tertiary/aromatic N) is 1. The maximum absolute atomic E-state index is 12.4. The number of hydrogen-bond donors (Lipinski definition) is 0. The molecule has 4 nitrogen and oxygen atoms in total. The van der Waals surface area contributed by atoms with Crippen LogP contribution in [0.1, 0.15) is 32.6 Å². The number of thioether (sulfide) groups is 1. The number of likely N-dealkylation sites (tertiary alicyclic amines) is 1. The van der Waals surface area contributed by atoms with E-state index in [0.29, 0.717) is 25.0 Å². The maximum Gasteiger partial charge on any atom is 0.233 e. The predicted molar refractivity (Wildman–Crippen MR) is 87.8 cm³/mol. The summed E-state index contributed by atoms with van der Waals surface area (Å²) in [7, 11) is 0. The van der Waals surface area contributed by atoms with Gasteiger partial charge in [0, 0.05) is 23.9 Å². The van der Waals surface area contributed by atoms with Gasteiger partial charge in [0.1, 0.15) is 0 Å². The van der Waals surface area contributed by atoms with Crippen molar-refractivity contribution in [3.63, 3.8) is 0 Å². The van der Waals surface area contributed by atoms with Crippen molar-refractivity contribution in [3.05, 3.63) is 18.2 Å². The van der Waals surface area contributed by atoms with E-state index >= 15 is 0 Å². The first-order chi connectivity index (χ1) is 10.7. The standard InChI is InChI=1S/C17H23NO3S/c1-13-5-2-3-8-18(13)17(19)12-22-14-6-7-15-16(11-14)21-10-4-9-20-15/h6-7,11,13H,2-5,8-10,12H2,1H3. The molecule has 1 saturated heterocycles. The topological polar surface area (TPSA) is 38.8 Å². The summed E-state index contributed by atoms with van der Waals surface area (Å²) in [6, 6.07) is 6.31. The third-order valence-corrected chi connectivity index (χ3v) is 5.18. The fraction of sp³-hybridized carbons (Fsp3) is 0.588. The minimum Gasteiger partial charge on any atom is -0.490 e. The number of carbonyl (C=O) groups is 1. The van der Waals surface area contributed by atoms with Gasteiger partial charge in [-0.25, -0.2) is 0 Å². The molecule has 1 unspecified atom stereocenters. The third-order valence-electron chi connectivity index (χ3n) is 4.20. The van der Waals surface area contributed by atoms with Crippen molar-refractivity contribution in [2.75, 3.05) is 25.5 Å². The van der Waals surface area contributed by atoms with E-state index in [-0.39, 0.29) is 5.91 Å². The number of hydrogen-bond acceptors (Lipinski definition) is 4. The highest BCUT2D eigenvalue weighted by Gasteiger charge is 2.23. The molecule has 1 aromatic carbocycles. The average Bonchev–Trinajstić information content (AvgIpc) is 2.78. The first kappa shape index (κ1) is 15.5. The summed E-state index contributed by atoms with van der Waals surface area (Å²) in [6.07, 6.45) is 4.40. The normalized spacial score (nSPS) is 21.3. The number of carbonyl (C=O) groups excluding carboxylic acids is 1. The molecule has 0 saturated carbocycles. The number of benzene rings is 1. The molecule has 120 valence electrons. The van der Waals surface area contributed by atoms with E-state index in [9.17, 15) is 4.79 Å². The molecule has 0 aliphatic carbocycles. The van der Waals surface area contributed by atoms with Gasteiger partial charge in [0.2, 0.25) is 5.91 Å². The molecule has 0 radical (unpaired) electrons. The average molecular weight is 321 g/mol. The Morgan fingerprint density at radius 1 is 1.23 bits per heavy atom. The second kappa shape index (κ2) is 7.27. The van der Waals surface area contributed by atoms with Gasteiger partial charge >= 0.3 is 0 Å². The Kier molecular flexibility index (Phi) is 5.13. The van der Waals surface area contributed by atoms with Gasteiger partial charge in [-0.3, -0.25) is 4.79 Å². The van der Waals surface area contributed by atoms with Crippen LogP contribution >= 0.6 is 11.8 Å². The van der Waals surface area contributed by atoms with Crippen LogP contribution in [0.15, 0.2) is 23.1 Å². The van der Waals surface area contributed by atoms with E-state index in [1.54, 1.807) is 11.8 Å². The fourth-order valence-corrected chi connectivity index (χ4v) is 3.74.